The second kappa shape index (κ2) is 9.96. The van der Waals surface area contributed by atoms with E-state index in [1.54, 1.807) is 17.5 Å². The Hall–Kier alpha value is -2.57. The summed E-state index contributed by atoms with van der Waals surface area (Å²) in [5.74, 6) is 0.120. The summed E-state index contributed by atoms with van der Waals surface area (Å²) in [6.45, 7) is 8.28. The van der Waals surface area contributed by atoms with Crippen LogP contribution < -0.4 is 0 Å². The van der Waals surface area contributed by atoms with Crippen LogP contribution in [-0.2, 0) is 17.8 Å². The zero-order valence-corrected chi connectivity index (χ0v) is 19.3. The molecule has 0 atom stereocenters. The fourth-order valence-corrected chi connectivity index (χ4v) is 4.23. The van der Waals surface area contributed by atoms with Crippen LogP contribution in [0.25, 0.3) is 11.3 Å². The van der Waals surface area contributed by atoms with Gasteiger partial charge in [0.05, 0.1) is 17.1 Å². The summed E-state index contributed by atoms with van der Waals surface area (Å²) in [6, 6.07) is 10.3. The number of nitrogens with zero attached hydrogens (tertiary/aromatic N) is 4. The molecule has 1 aromatic carbocycles. The van der Waals surface area contributed by atoms with Crippen molar-refractivity contribution in [3.8, 4) is 11.3 Å². The number of rotatable bonds is 8. The highest BCUT2D eigenvalue weighted by Gasteiger charge is 2.20. The average Bonchev–Trinajstić information content (AvgIpc) is 3.07. The van der Waals surface area contributed by atoms with Crippen molar-refractivity contribution < 1.29 is 4.79 Å². The second-order valence-corrected chi connectivity index (χ2v) is 9.25. The Labute approximate surface area is 183 Å². The molecule has 3 rings (SSSR count). The van der Waals surface area contributed by atoms with Gasteiger partial charge in [0.2, 0.25) is 5.91 Å². The van der Waals surface area contributed by atoms with Gasteiger partial charge < -0.3 is 9.80 Å². The van der Waals surface area contributed by atoms with E-state index in [2.05, 4.69) is 41.9 Å². The molecule has 0 bridgehead atoms. The Balaban J connectivity index is 1.83. The van der Waals surface area contributed by atoms with Crippen LogP contribution in [0.1, 0.15) is 26.6 Å². The quantitative estimate of drug-likeness (QED) is 0.544. The number of hydrogen-bond acceptors (Lipinski definition) is 5. The number of pyridine rings is 1. The summed E-state index contributed by atoms with van der Waals surface area (Å²) in [4.78, 5) is 27.3. The topological polar surface area (TPSA) is 49.3 Å². The van der Waals surface area contributed by atoms with Crippen molar-refractivity contribution in [3.63, 3.8) is 0 Å². The molecule has 0 saturated carbocycles. The molecular formula is C24H30N4OS. The Morgan fingerprint density at radius 2 is 1.87 bits per heavy atom. The highest BCUT2D eigenvalue weighted by molar-refractivity contribution is 7.12. The fourth-order valence-electron chi connectivity index (χ4n) is 3.28. The van der Waals surface area contributed by atoms with Crippen molar-refractivity contribution in [1.29, 1.82) is 0 Å². The number of thiazole rings is 1. The molecule has 5 nitrogen and oxygen atoms in total. The lowest BCUT2D eigenvalue weighted by Crippen LogP contribution is -2.37. The maximum atomic E-state index is 13.3. The molecule has 6 heteroatoms. The number of carbonyl (C=O) groups excluding carboxylic acids is 1. The Kier molecular flexibility index (Phi) is 7.34. The summed E-state index contributed by atoms with van der Waals surface area (Å²) in [7, 11) is 4.05. The predicted octanol–water partition coefficient (Wildman–Crippen LogP) is 4.26. The monoisotopic (exact) mass is 422 g/mol. The molecule has 0 radical (unpaired) electrons. The molecule has 0 spiro atoms. The molecular weight excluding hydrogens is 392 g/mol. The zero-order valence-electron chi connectivity index (χ0n) is 18.5. The lowest BCUT2D eigenvalue weighted by atomic mass is 10.0. The maximum Gasteiger partial charge on any atom is 0.228 e. The van der Waals surface area contributed by atoms with E-state index in [9.17, 15) is 4.79 Å². The highest BCUT2D eigenvalue weighted by Crippen LogP contribution is 2.30. The molecule has 158 valence electrons. The van der Waals surface area contributed by atoms with Crippen molar-refractivity contribution in [1.82, 2.24) is 19.8 Å². The fraction of sp³-hybridized carbons (Fsp3) is 0.375. The van der Waals surface area contributed by atoms with Gasteiger partial charge in [-0.3, -0.25) is 9.78 Å². The van der Waals surface area contributed by atoms with E-state index in [0.29, 0.717) is 19.5 Å². The number of amides is 1. The van der Waals surface area contributed by atoms with Crippen LogP contribution in [0, 0.1) is 20.8 Å². The van der Waals surface area contributed by atoms with Crippen LogP contribution in [0.3, 0.4) is 0 Å². The molecule has 0 saturated heterocycles. The van der Waals surface area contributed by atoms with E-state index in [1.807, 2.05) is 44.2 Å². The minimum atomic E-state index is 0.120. The van der Waals surface area contributed by atoms with Gasteiger partial charge in [0.15, 0.2) is 0 Å². The van der Waals surface area contributed by atoms with Gasteiger partial charge in [-0.15, -0.1) is 11.3 Å². The van der Waals surface area contributed by atoms with Gasteiger partial charge in [-0.2, -0.15) is 0 Å². The van der Waals surface area contributed by atoms with E-state index in [0.717, 1.165) is 33.3 Å². The SMILES string of the molecule is Cc1nc(-c2ccc(C)c(C)c2)c(CC(=O)N(CCN(C)C)Cc2cccnc2)s1. The van der Waals surface area contributed by atoms with Gasteiger partial charge in [0, 0.05) is 42.5 Å². The summed E-state index contributed by atoms with van der Waals surface area (Å²) in [5, 5.41) is 0.984. The third-order valence-corrected chi connectivity index (χ3v) is 6.13. The van der Waals surface area contributed by atoms with Gasteiger partial charge in [0.1, 0.15) is 0 Å². The van der Waals surface area contributed by atoms with Gasteiger partial charge in [0.25, 0.3) is 0 Å². The molecule has 0 aliphatic heterocycles. The molecule has 0 unspecified atom stereocenters. The summed E-state index contributed by atoms with van der Waals surface area (Å²) < 4.78 is 0. The van der Waals surface area contributed by atoms with Crippen LogP contribution in [0.15, 0.2) is 42.7 Å². The summed E-state index contributed by atoms with van der Waals surface area (Å²) >= 11 is 1.61. The van der Waals surface area contributed by atoms with Crippen LogP contribution in [0.4, 0.5) is 0 Å². The molecule has 2 aromatic heterocycles. The Morgan fingerprint density at radius 3 is 2.53 bits per heavy atom. The lowest BCUT2D eigenvalue weighted by Gasteiger charge is -2.24. The largest absolute Gasteiger partial charge is 0.337 e. The van der Waals surface area contributed by atoms with Gasteiger partial charge in [-0.1, -0.05) is 18.2 Å². The predicted molar refractivity (Wildman–Crippen MR) is 124 cm³/mol. The van der Waals surface area contributed by atoms with Crippen LogP contribution in [-0.4, -0.2) is 52.9 Å². The van der Waals surface area contributed by atoms with Crippen LogP contribution in [0.5, 0.6) is 0 Å². The number of hydrogen-bond donors (Lipinski definition) is 0. The highest BCUT2D eigenvalue weighted by atomic mass is 32.1. The number of likely N-dealkylation sites (N-methyl/N-ethyl adjacent to an activating group) is 1. The van der Waals surface area contributed by atoms with E-state index in [-0.39, 0.29) is 5.91 Å². The molecule has 0 fully saturated rings. The van der Waals surface area contributed by atoms with Crippen molar-refractivity contribution in [2.75, 3.05) is 27.2 Å². The van der Waals surface area contributed by atoms with Crippen molar-refractivity contribution in [3.05, 3.63) is 69.3 Å². The minimum absolute atomic E-state index is 0.120. The molecule has 3 aromatic rings. The first-order valence-corrected chi connectivity index (χ1v) is 11.0. The molecule has 1 amide bonds. The minimum Gasteiger partial charge on any atom is -0.337 e. The van der Waals surface area contributed by atoms with Crippen molar-refractivity contribution >= 4 is 17.2 Å². The molecule has 0 aliphatic rings. The van der Waals surface area contributed by atoms with Gasteiger partial charge >= 0.3 is 0 Å². The van der Waals surface area contributed by atoms with Gasteiger partial charge in [-0.05, 0) is 63.7 Å². The number of aromatic nitrogens is 2. The lowest BCUT2D eigenvalue weighted by molar-refractivity contribution is -0.131. The Bertz CT molecular complexity index is 998. The first-order valence-electron chi connectivity index (χ1n) is 10.2. The molecule has 2 heterocycles. The number of carbonyl (C=O) groups is 1. The number of benzene rings is 1. The smallest absolute Gasteiger partial charge is 0.228 e. The van der Waals surface area contributed by atoms with E-state index >= 15 is 0 Å². The standard InChI is InChI=1S/C24H30N4OS/c1-17-8-9-21(13-18(17)2)24-22(30-19(3)26-24)14-23(29)28(12-11-27(4)5)16-20-7-6-10-25-15-20/h6-10,13,15H,11-12,14,16H2,1-5H3. The van der Waals surface area contributed by atoms with Crippen molar-refractivity contribution in [2.45, 2.75) is 33.7 Å². The third kappa shape index (κ3) is 5.74. The molecule has 0 N–H and O–H groups in total. The summed E-state index contributed by atoms with van der Waals surface area (Å²) in [6.07, 6.45) is 3.94. The molecule has 0 aliphatic carbocycles. The Morgan fingerprint density at radius 1 is 1.07 bits per heavy atom. The first kappa shape index (κ1) is 22.1. The van der Waals surface area contributed by atoms with Crippen LogP contribution >= 0.6 is 11.3 Å². The van der Waals surface area contributed by atoms with E-state index < -0.39 is 0 Å². The van der Waals surface area contributed by atoms with Crippen molar-refractivity contribution in [2.24, 2.45) is 0 Å². The normalized spacial score (nSPS) is 11.1. The second-order valence-electron chi connectivity index (χ2n) is 7.96. The average molecular weight is 423 g/mol. The van der Waals surface area contributed by atoms with E-state index in [4.69, 9.17) is 4.98 Å². The number of aryl methyl sites for hydroxylation is 3. The van der Waals surface area contributed by atoms with E-state index in [1.165, 1.54) is 11.1 Å². The zero-order chi connectivity index (χ0) is 21.7. The van der Waals surface area contributed by atoms with Gasteiger partial charge in [-0.25, -0.2) is 4.98 Å². The van der Waals surface area contributed by atoms with Crippen LogP contribution in [0.2, 0.25) is 0 Å². The maximum absolute atomic E-state index is 13.3. The first-order chi connectivity index (χ1) is 14.3. The molecule has 30 heavy (non-hydrogen) atoms. The third-order valence-electron chi connectivity index (χ3n) is 5.16. The summed E-state index contributed by atoms with van der Waals surface area (Å²) in [5.41, 5.74) is 5.55.